The highest BCUT2D eigenvalue weighted by molar-refractivity contribution is 7.80. The van der Waals surface area contributed by atoms with Crippen molar-refractivity contribution in [3.8, 4) is 0 Å². The number of thiocarbonyl (C=S) groups is 1. The van der Waals surface area contributed by atoms with E-state index in [1.54, 1.807) is 4.90 Å². The van der Waals surface area contributed by atoms with E-state index in [2.05, 4.69) is 17.4 Å². The first-order valence-corrected chi connectivity index (χ1v) is 6.68. The van der Waals surface area contributed by atoms with Crippen LogP contribution in [0.2, 0.25) is 0 Å². The molecule has 1 heterocycles. The first kappa shape index (κ1) is 13.0. The molecule has 2 atom stereocenters. The molecule has 0 radical (unpaired) electrons. The van der Waals surface area contributed by atoms with Crippen LogP contribution in [0.4, 0.5) is 0 Å². The maximum atomic E-state index is 11.9. The minimum absolute atomic E-state index is 0.0839. The molecule has 96 valence electrons. The van der Waals surface area contributed by atoms with Gasteiger partial charge in [0.15, 0.2) is 5.11 Å². The minimum atomic E-state index is -0.184. The SMILES string of the molecule is C[C@H]1NC(=S)N([C@@H](C)CCc2ccccc2)C1=O. The molecule has 1 aromatic rings. The van der Waals surface area contributed by atoms with E-state index >= 15 is 0 Å². The standard InChI is InChI=1S/C14H18N2OS/c1-10(8-9-12-6-4-3-5-7-12)16-13(17)11(2)15-14(16)18/h3-7,10-11H,8-9H2,1-2H3,(H,15,18)/t10-,11+/m0/s1. The number of carbonyl (C=O) groups is 1. The third-order valence-electron chi connectivity index (χ3n) is 3.30. The zero-order valence-electron chi connectivity index (χ0n) is 10.7. The molecule has 18 heavy (non-hydrogen) atoms. The number of amides is 1. The summed E-state index contributed by atoms with van der Waals surface area (Å²) in [4.78, 5) is 13.7. The van der Waals surface area contributed by atoms with Gasteiger partial charge >= 0.3 is 0 Å². The van der Waals surface area contributed by atoms with Crippen molar-refractivity contribution < 1.29 is 4.79 Å². The van der Waals surface area contributed by atoms with E-state index < -0.39 is 0 Å². The quantitative estimate of drug-likeness (QED) is 0.844. The van der Waals surface area contributed by atoms with Gasteiger partial charge in [0.1, 0.15) is 6.04 Å². The smallest absolute Gasteiger partial charge is 0.251 e. The number of aryl methyl sites for hydroxylation is 1. The average Bonchev–Trinajstić information content (AvgIpc) is 2.62. The van der Waals surface area contributed by atoms with E-state index in [1.165, 1.54) is 5.56 Å². The number of hydrogen-bond acceptors (Lipinski definition) is 2. The summed E-state index contributed by atoms with van der Waals surface area (Å²) < 4.78 is 0. The van der Waals surface area contributed by atoms with Crippen molar-refractivity contribution in [2.75, 3.05) is 0 Å². The summed E-state index contributed by atoms with van der Waals surface area (Å²) in [7, 11) is 0. The van der Waals surface area contributed by atoms with Crippen molar-refractivity contribution in [2.45, 2.75) is 38.8 Å². The fraction of sp³-hybridized carbons (Fsp3) is 0.429. The number of hydrogen-bond donors (Lipinski definition) is 1. The molecule has 1 N–H and O–H groups in total. The Morgan fingerprint density at radius 2 is 2.06 bits per heavy atom. The Morgan fingerprint density at radius 3 is 2.61 bits per heavy atom. The number of nitrogens with zero attached hydrogens (tertiary/aromatic N) is 1. The topological polar surface area (TPSA) is 32.3 Å². The lowest BCUT2D eigenvalue weighted by Crippen LogP contribution is -2.39. The van der Waals surface area contributed by atoms with Gasteiger partial charge in [-0.1, -0.05) is 30.3 Å². The Hall–Kier alpha value is -1.42. The van der Waals surface area contributed by atoms with Crippen LogP contribution < -0.4 is 5.32 Å². The van der Waals surface area contributed by atoms with Crippen LogP contribution in [-0.2, 0) is 11.2 Å². The van der Waals surface area contributed by atoms with E-state index in [9.17, 15) is 4.79 Å². The molecular formula is C14H18N2OS. The van der Waals surface area contributed by atoms with Gasteiger partial charge in [-0.15, -0.1) is 0 Å². The summed E-state index contributed by atoms with van der Waals surface area (Å²) in [6, 6.07) is 10.3. The van der Waals surface area contributed by atoms with Crippen LogP contribution in [-0.4, -0.2) is 28.0 Å². The predicted octanol–water partition coefficient (Wildman–Crippen LogP) is 2.11. The Labute approximate surface area is 113 Å². The molecule has 1 aromatic carbocycles. The summed E-state index contributed by atoms with van der Waals surface area (Å²) in [5, 5.41) is 3.57. The third kappa shape index (κ3) is 2.70. The van der Waals surface area contributed by atoms with Crippen LogP contribution in [0.1, 0.15) is 25.8 Å². The molecule has 0 bridgehead atoms. The molecule has 0 unspecified atom stereocenters. The summed E-state index contributed by atoms with van der Waals surface area (Å²) in [6.45, 7) is 3.89. The highest BCUT2D eigenvalue weighted by atomic mass is 32.1. The molecule has 0 spiro atoms. The monoisotopic (exact) mass is 262 g/mol. The molecule has 1 amide bonds. The molecule has 3 nitrogen and oxygen atoms in total. The molecule has 1 fully saturated rings. The van der Waals surface area contributed by atoms with E-state index in [0.29, 0.717) is 5.11 Å². The zero-order valence-corrected chi connectivity index (χ0v) is 11.5. The average molecular weight is 262 g/mol. The van der Waals surface area contributed by atoms with Crippen LogP contribution in [0.25, 0.3) is 0 Å². The highest BCUT2D eigenvalue weighted by Crippen LogP contribution is 2.15. The minimum Gasteiger partial charge on any atom is -0.351 e. The van der Waals surface area contributed by atoms with Gasteiger partial charge < -0.3 is 5.32 Å². The van der Waals surface area contributed by atoms with Crippen LogP contribution in [0.15, 0.2) is 30.3 Å². The molecule has 0 aromatic heterocycles. The first-order chi connectivity index (χ1) is 8.59. The molecule has 1 aliphatic heterocycles. The van der Waals surface area contributed by atoms with Gasteiger partial charge in [0.05, 0.1) is 0 Å². The van der Waals surface area contributed by atoms with Gasteiger partial charge in [-0.25, -0.2) is 0 Å². The molecule has 2 rings (SSSR count). The number of benzene rings is 1. The highest BCUT2D eigenvalue weighted by Gasteiger charge is 2.34. The van der Waals surface area contributed by atoms with Crippen LogP contribution >= 0.6 is 12.2 Å². The fourth-order valence-corrected chi connectivity index (χ4v) is 2.64. The summed E-state index contributed by atoms with van der Waals surface area (Å²) in [5.74, 6) is 0.0839. The predicted molar refractivity (Wildman–Crippen MR) is 76.3 cm³/mol. The lowest BCUT2D eigenvalue weighted by molar-refractivity contribution is -0.128. The maximum absolute atomic E-state index is 11.9. The Morgan fingerprint density at radius 1 is 1.39 bits per heavy atom. The van der Waals surface area contributed by atoms with Gasteiger partial charge in [-0.2, -0.15) is 0 Å². The van der Waals surface area contributed by atoms with E-state index in [-0.39, 0.29) is 18.0 Å². The van der Waals surface area contributed by atoms with Crippen molar-refractivity contribution in [1.82, 2.24) is 10.2 Å². The first-order valence-electron chi connectivity index (χ1n) is 6.27. The Balaban J connectivity index is 1.94. The number of rotatable bonds is 4. The van der Waals surface area contributed by atoms with Gasteiger partial charge in [-0.3, -0.25) is 9.69 Å². The van der Waals surface area contributed by atoms with E-state index in [1.807, 2.05) is 32.0 Å². The van der Waals surface area contributed by atoms with Crippen molar-refractivity contribution in [1.29, 1.82) is 0 Å². The van der Waals surface area contributed by atoms with Crippen molar-refractivity contribution in [3.63, 3.8) is 0 Å². The maximum Gasteiger partial charge on any atom is 0.251 e. The van der Waals surface area contributed by atoms with Crippen molar-refractivity contribution in [2.24, 2.45) is 0 Å². The summed E-state index contributed by atoms with van der Waals surface area (Å²) in [5.41, 5.74) is 1.29. The number of carbonyl (C=O) groups excluding carboxylic acids is 1. The van der Waals surface area contributed by atoms with Crippen LogP contribution in [0.3, 0.4) is 0 Å². The van der Waals surface area contributed by atoms with Gasteiger partial charge in [0.25, 0.3) is 5.91 Å². The summed E-state index contributed by atoms with van der Waals surface area (Å²) in [6.07, 6.45) is 1.88. The van der Waals surface area contributed by atoms with Crippen LogP contribution in [0, 0.1) is 0 Å². The second-order valence-electron chi connectivity index (χ2n) is 4.75. The van der Waals surface area contributed by atoms with Crippen molar-refractivity contribution >= 4 is 23.2 Å². The Kier molecular flexibility index (Phi) is 3.97. The zero-order chi connectivity index (χ0) is 13.1. The van der Waals surface area contributed by atoms with Gasteiger partial charge in [-0.05, 0) is 44.5 Å². The molecule has 1 saturated heterocycles. The third-order valence-corrected chi connectivity index (χ3v) is 3.62. The second-order valence-corrected chi connectivity index (χ2v) is 5.14. The van der Waals surface area contributed by atoms with E-state index in [4.69, 9.17) is 12.2 Å². The molecule has 1 aliphatic rings. The molecule has 4 heteroatoms. The molecule has 0 aliphatic carbocycles. The van der Waals surface area contributed by atoms with Gasteiger partial charge in [0.2, 0.25) is 0 Å². The van der Waals surface area contributed by atoms with Gasteiger partial charge in [0, 0.05) is 6.04 Å². The lowest BCUT2D eigenvalue weighted by atomic mass is 10.1. The largest absolute Gasteiger partial charge is 0.351 e. The van der Waals surface area contributed by atoms with Crippen LogP contribution in [0.5, 0.6) is 0 Å². The molecule has 0 saturated carbocycles. The Bertz CT molecular complexity index is 446. The molecular weight excluding hydrogens is 244 g/mol. The fourth-order valence-electron chi connectivity index (χ4n) is 2.19. The van der Waals surface area contributed by atoms with Crippen molar-refractivity contribution in [3.05, 3.63) is 35.9 Å². The normalized spacial score (nSPS) is 21.0. The number of nitrogens with one attached hydrogen (secondary N) is 1. The second kappa shape index (κ2) is 5.48. The lowest BCUT2D eigenvalue weighted by Gasteiger charge is -2.23. The summed E-state index contributed by atoms with van der Waals surface area (Å²) >= 11 is 5.20. The van der Waals surface area contributed by atoms with E-state index in [0.717, 1.165) is 12.8 Å².